The van der Waals surface area contributed by atoms with Crippen molar-refractivity contribution >= 4 is 39.3 Å². The van der Waals surface area contributed by atoms with Gasteiger partial charge >= 0.3 is 0 Å². The minimum absolute atomic E-state index is 0.317. The molecule has 2 amide bonds. The van der Waals surface area contributed by atoms with Crippen LogP contribution in [0.3, 0.4) is 0 Å². The van der Waals surface area contributed by atoms with Crippen molar-refractivity contribution in [3.05, 3.63) is 63.1 Å². The predicted octanol–water partition coefficient (Wildman–Crippen LogP) is 3.58. The lowest BCUT2D eigenvalue weighted by Crippen LogP contribution is -2.41. The molecule has 0 aliphatic carbocycles. The molecule has 2 N–H and O–H groups in total. The number of nitrogens with one attached hydrogen (secondary N) is 2. The Bertz CT molecular complexity index is 720. The van der Waals surface area contributed by atoms with Crippen LogP contribution in [0.2, 0.25) is 5.02 Å². The highest BCUT2D eigenvalue weighted by molar-refractivity contribution is 9.10. The fourth-order valence-corrected chi connectivity index (χ4v) is 2.30. The fraction of sp³-hybridized carbons (Fsp3) is 0.125. The summed E-state index contributed by atoms with van der Waals surface area (Å²) in [6, 6.07) is 11.4. The van der Waals surface area contributed by atoms with Gasteiger partial charge in [0.2, 0.25) is 0 Å². The summed E-state index contributed by atoms with van der Waals surface area (Å²) in [6.45, 7) is 2.26. The van der Waals surface area contributed by atoms with Crippen molar-refractivity contribution < 1.29 is 14.3 Å². The SMILES string of the molecule is CCOc1ccc(Br)cc1C(=O)NNC(=O)c1ccc(Cl)cc1. The van der Waals surface area contributed by atoms with Crippen LogP contribution >= 0.6 is 27.5 Å². The van der Waals surface area contributed by atoms with E-state index in [9.17, 15) is 9.59 Å². The number of carbonyl (C=O) groups is 2. The van der Waals surface area contributed by atoms with E-state index in [0.29, 0.717) is 28.5 Å². The van der Waals surface area contributed by atoms with Crippen LogP contribution in [0.15, 0.2) is 46.9 Å². The molecule has 0 spiro atoms. The van der Waals surface area contributed by atoms with Crippen LogP contribution in [0.5, 0.6) is 5.75 Å². The van der Waals surface area contributed by atoms with E-state index in [4.69, 9.17) is 16.3 Å². The summed E-state index contributed by atoms with van der Waals surface area (Å²) < 4.78 is 6.14. The molecule has 120 valence electrons. The Kier molecular flexibility index (Phi) is 6.01. The Morgan fingerprint density at radius 3 is 2.39 bits per heavy atom. The number of hydrazine groups is 1. The third-order valence-electron chi connectivity index (χ3n) is 2.88. The van der Waals surface area contributed by atoms with E-state index in [1.54, 1.807) is 42.5 Å². The smallest absolute Gasteiger partial charge is 0.273 e. The molecule has 0 aliphatic heterocycles. The predicted molar refractivity (Wildman–Crippen MR) is 91.7 cm³/mol. The standard InChI is InChI=1S/C16H14BrClN2O3/c1-2-23-14-8-5-11(17)9-13(14)16(22)20-19-15(21)10-3-6-12(18)7-4-10/h3-9H,2H2,1H3,(H,19,21)(H,20,22). The van der Waals surface area contributed by atoms with Gasteiger partial charge < -0.3 is 4.74 Å². The average Bonchev–Trinajstić information content (AvgIpc) is 2.54. The Morgan fingerprint density at radius 2 is 1.74 bits per heavy atom. The number of hydrogen-bond donors (Lipinski definition) is 2. The lowest BCUT2D eigenvalue weighted by molar-refractivity contribution is 0.0844. The van der Waals surface area contributed by atoms with Gasteiger partial charge in [-0.25, -0.2) is 0 Å². The number of ether oxygens (including phenoxy) is 1. The molecule has 2 aromatic carbocycles. The number of hydrogen-bond acceptors (Lipinski definition) is 3. The second-order valence-corrected chi connectivity index (χ2v) is 5.84. The number of benzene rings is 2. The van der Waals surface area contributed by atoms with Gasteiger partial charge in [-0.3, -0.25) is 20.4 Å². The average molecular weight is 398 g/mol. The van der Waals surface area contributed by atoms with Crippen molar-refractivity contribution in [3.8, 4) is 5.75 Å². The fourth-order valence-electron chi connectivity index (χ4n) is 1.82. The van der Waals surface area contributed by atoms with Crippen molar-refractivity contribution in [3.63, 3.8) is 0 Å². The van der Waals surface area contributed by atoms with Crippen molar-refractivity contribution in [1.29, 1.82) is 0 Å². The first-order valence-electron chi connectivity index (χ1n) is 6.80. The maximum Gasteiger partial charge on any atom is 0.273 e. The van der Waals surface area contributed by atoms with Gasteiger partial charge in [-0.1, -0.05) is 27.5 Å². The first-order valence-corrected chi connectivity index (χ1v) is 7.97. The summed E-state index contributed by atoms with van der Waals surface area (Å²) in [5, 5.41) is 0.529. The molecule has 2 rings (SSSR count). The molecule has 0 unspecified atom stereocenters. The third-order valence-corrected chi connectivity index (χ3v) is 3.63. The van der Waals surface area contributed by atoms with E-state index in [1.165, 1.54) is 0 Å². The number of amides is 2. The second kappa shape index (κ2) is 7.99. The Labute approximate surface area is 147 Å². The van der Waals surface area contributed by atoms with Crippen LogP contribution in [0.25, 0.3) is 0 Å². The van der Waals surface area contributed by atoms with E-state index in [2.05, 4.69) is 26.8 Å². The molecule has 0 atom stereocenters. The van der Waals surface area contributed by atoms with E-state index >= 15 is 0 Å². The topological polar surface area (TPSA) is 67.4 Å². The zero-order chi connectivity index (χ0) is 16.8. The van der Waals surface area contributed by atoms with Gasteiger partial charge in [0.25, 0.3) is 11.8 Å². The largest absolute Gasteiger partial charge is 0.493 e. The summed E-state index contributed by atoms with van der Waals surface area (Å²) in [5.41, 5.74) is 5.42. The second-order valence-electron chi connectivity index (χ2n) is 4.49. The van der Waals surface area contributed by atoms with Crippen LogP contribution in [0.1, 0.15) is 27.6 Å². The van der Waals surface area contributed by atoms with Gasteiger partial charge in [0.05, 0.1) is 12.2 Å². The molecule has 2 aromatic rings. The molecule has 0 fully saturated rings. The summed E-state index contributed by atoms with van der Waals surface area (Å²) in [4.78, 5) is 24.2. The molecular formula is C16H14BrClN2O3. The highest BCUT2D eigenvalue weighted by Crippen LogP contribution is 2.23. The van der Waals surface area contributed by atoms with Crippen LogP contribution in [-0.2, 0) is 0 Å². The summed E-state index contributed by atoms with van der Waals surface area (Å²) >= 11 is 9.07. The third kappa shape index (κ3) is 4.71. The lowest BCUT2D eigenvalue weighted by atomic mass is 10.2. The van der Waals surface area contributed by atoms with Crippen molar-refractivity contribution in [2.75, 3.05) is 6.61 Å². The number of halogens is 2. The molecule has 0 bridgehead atoms. The van der Waals surface area contributed by atoms with Crippen molar-refractivity contribution in [1.82, 2.24) is 10.9 Å². The Hall–Kier alpha value is -2.05. The molecule has 0 radical (unpaired) electrons. The molecule has 0 aliphatic rings. The van der Waals surface area contributed by atoms with Gasteiger partial charge in [0.15, 0.2) is 0 Å². The molecule has 5 nitrogen and oxygen atoms in total. The van der Waals surface area contributed by atoms with Gasteiger partial charge in [0.1, 0.15) is 5.75 Å². The van der Waals surface area contributed by atoms with Gasteiger partial charge in [-0.05, 0) is 49.4 Å². The molecule has 0 saturated carbocycles. The first kappa shape index (κ1) is 17.3. The summed E-state index contributed by atoms with van der Waals surface area (Å²) in [7, 11) is 0. The van der Waals surface area contributed by atoms with Gasteiger partial charge in [-0.2, -0.15) is 0 Å². The summed E-state index contributed by atoms with van der Waals surface area (Å²) in [6.07, 6.45) is 0. The van der Waals surface area contributed by atoms with Crippen LogP contribution in [0.4, 0.5) is 0 Å². The monoisotopic (exact) mass is 396 g/mol. The molecule has 23 heavy (non-hydrogen) atoms. The van der Waals surface area contributed by atoms with E-state index in [1.807, 2.05) is 6.92 Å². The lowest BCUT2D eigenvalue weighted by Gasteiger charge is -2.12. The van der Waals surface area contributed by atoms with Crippen molar-refractivity contribution in [2.45, 2.75) is 6.92 Å². The number of carbonyl (C=O) groups excluding carboxylic acids is 2. The molecular weight excluding hydrogens is 384 g/mol. The highest BCUT2D eigenvalue weighted by atomic mass is 79.9. The molecule has 7 heteroatoms. The van der Waals surface area contributed by atoms with Crippen molar-refractivity contribution in [2.24, 2.45) is 0 Å². The molecule has 0 heterocycles. The molecule has 0 saturated heterocycles. The van der Waals surface area contributed by atoms with Crippen LogP contribution in [-0.4, -0.2) is 18.4 Å². The first-order chi connectivity index (χ1) is 11.0. The van der Waals surface area contributed by atoms with Gasteiger partial charge in [0, 0.05) is 15.1 Å². The maximum absolute atomic E-state index is 12.2. The minimum atomic E-state index is -0.475. The summed E-state index contributed by atoms with van der Waals surface area (Å²) in [5.74, 6) is -0.478. The highest BCUT2D eigenvalue weighted by Gasteiger charge is 2.14. The zero-order valence-corrected chi connectivity index (χ0v) is 14.6. The number of rotatable bonds is 4. The van der Waals surface area contributed by atoms with Crippen LogP contribution < -0.4 is 15.6 Å². The maximum atomic E-state index is 12.2. The van der Waals surface area contributed by atoms with E-state index in [-0.39, 0.29) is 0 Å². The Balaban J connectivity index is 2.06. The zero-order valence-electron chi connectivity index (χ0n) is 12.2. The van der Waals surface area contributed by atoms with Gasteiger partial charge in [-0.15, -0.1) is 0 Å². The van der Waals surface area contributed by atoms with E-state index in [0.717, 1.165) is 4.47 Å². The quantitative estimate of drug-likeness (QED) is 0.775. The minimum Gasteiger partial charge on any atom is -0.493 e. The Morgan fingerprint density at radius 1 is 1.09 bits per heavy atom. The van der Waals surface area contributed by atoms with Crippen LogP contribution in [0, 0.1) is 0 Å². The van der Waals surface area contributed by atoms with E-state index < -0.39 is 11.8 Å². The molecule has 0 aromatic heterocycles. The normalized spacial score (nSPS) is 10.0.